The van der Waals surface area contributed by atoms with E-state index in [0.717, 1.165) is 36.7 Å². The molecule has 1 aliphatic rings. The smallest absolute Gasteiger partial charge is 0.337 e. The molecule has 0 atom stereocenters. The molecule has 2 aromatic rings. The van der Waals surface area contributed by atoms with Gasteiger partial charge in [-0.3, -0.25) is 0 Å². The first-order chi connectivity index (χ1) is 11.5. The van der Waals surface area contributed by atoms with E-state index in [2.05, 4.69) is 27.1 Å². The third kappa shape index (κ3) is 3.98. The Kier molecular flexibility index (Phi) is 5.23. The molecule has 0 bridgehead atoms. The van der Waals surface area contributed by atoms with Crippen LogP contribution >= 0.6 is 22.9 Å². The predicted molar refractivity (Wildman–Crippen MR) is 97.6 cm³/mol. The Labute approximate surface area is 149 Å². The van der Waals surface area contributed by atoms with Crippen molar-refractivity contribution >= 4 is 40.3 Å². The van der Waals surface area contributed by atoms with E-state index in [1.807, 2.05) is 12.1 Å². The fourth-order valence-corrected chi connectivity index (χ4v) is 3.59. The molecule has 0 saturated carbocycles. The molecule has 1 saturated heterocycles. The second-order valence-corrected chi connectivity index (χ2v) is 7.46. The van der Waals surface area contributed by atoms with Crippen LogP contribution in [0.3, 0.4) is 0 Å². The molecule has 24 heavy (non-hydrogen) atoms. The summed E-state index contributed by atoms with van der Waals surface area (Å²) in [7, 11) is 2.10. The first-order valence-corrected chi connectivity index (χ1v) is 8.87. The van der Waals surface area contributed by atoms with Crippen molar-refractivity contribution in [2.45, 2.75) is 6.54 Å². The molecule has 1 aromatic carbocycles. The molecular weight excluding hydrogens is 348 g/mol. The van der Waals surface area contributed by atoms with Gasteiger partial charge < -0.3 is 20.2 Å². The molecule has 0 radical (unpaired) electrons. The van der Waals surface area contributed by atoms with Crippen molar-refractivity contribution in [3.8, 4) is 0 Å². The topological polar surface area (TPSA) is 68.7 Å². The number of aromatic carboxylic acids is 1. The number of hydrogen-bond acceptors (Lipinski definition) is 6. The van der Waals surface area contributed by atoms with Crippen molar-refractivity contribution in [3.63, 3.8) is 0 Å². The van der Waals surface area contributed by atoms with Gasteiger partial charge in [0, 0.05) is 48.6 Å². The number of aromatic nitrogens is 1. The Balaban J connectivity index is 1.75. The summed E-state index contributed by atoms with van der Waals surface area (Å²) in [6.45, 7) is 4.27. The van der Waals surface area contributed by atoms with Gasteiger partial charge in [-0.15, -0.1) is 11.3 Å². The van der Waals surface area contributed by atoms with Gasteiger partial charge in [0.25, 0.3) is 0 Å². The third-order valence-electron chi connectivity index (χ3n) is 4.08. The van der Waals surface area contributed by atoms with Crippen molar-refractivity contribution in [1.29, 1.82) is 0 Å². The van der Waals surface area contributed by atoms with E-state index >= 15 is 0 Å². The highest BCUT2D eigenvalue weighted by Gasteiger charge is 2.17. The van der Waals surface area contributed by atoms with Crippen molar-refractivity contribution < 1.29 is 9.90 Å². The molecule has 6 nitrogen and oxygen atoms in total. The van der Waals surface area contributed by atoms with Crippen LogP contribution in [0.2, 0.25) is 4.47 Å². The number of benzene rings is 1. The zero-order chi connectivity index (χ0) is 17.1. The van der Waals surface area contributed by atoms with Crippen LogP contribution in [0.25, 0.3) is 0 Å². The minimum Gasteiger partial charge on any atom is -0.478 e. The van der Waals surface area contributed by atoms with Gasteiger partial charge >= 0.3 is 5.97 Å². The molecule has 1 aromatic heterocycles. The zero-order valence-electron chi connectivity index (χ0n) is 13.3. The lowest BCUT2D eigenvalue weighted by molar-refractivity contribution is 0.0698. The van der Waals surface area contributed by atoms with Crippen molar-refractivity contribution in [2.75, 3.05) is 43.4 Å². The van der Waals surface area contributed by atoms with Crippen molar-refractivity contribution in [1.82, 2.24) is 9.88 Å². The van der Waals surface area contributed by atoms with Crippen LogP contribution < -0.4 is 10.2 Å². The Morgan fingerprint density at radius 1 is 1.38 bits per heavy atom. The number of carbonyl (C=O) groups is 1. The molecular formula is C16H19ClN4O2S. The van der Waals surface area contributed by atoms with E-state index < -0.39 is 5.97 Å². The van der Waals surface area contributed by atoms with E-state index in [-0.39, 0.29) is 5.56 Å². The quantitative estimate of drug-likeness (QED) is 0.848. The van der Waals surface area contributed by atoms with Crippen LogP contribution in [-0.4, -0.2) is 54.2 Å². The number of hydrogen-bond donors (Lipinski definition) is 2. The summed E-state index contributed by atoms with van der Waals surface area (Å²) in [6.07, 6.45) is 1.69. The standard InChI is InChI=1S/C16H19ClN4O2S/c1-20-4-6-21(7-5-20)11-2-3-14(13(8-11)15(22)23)18-9-12-10-19-16(17)24-12/h2-3,8,10,18H,4-7,9H2,1H3,(H,22,23). The number of halogens is 1. The number of likely N-dealkylation sites (N-methyl/N-ethyl adjacent to an activating group) is 1. The maximum absolute atomic E-state index is 11.6. The average molecular weight is 367 g/mol. The number of anilines is 2. The van der Waals surface area contributed by atoms with Crippen LogP contribution in [0.1, 0.15) is 15.2 Å². The third-order valence-corrected chi connectivity index (χ3v) is 5.20. The summed E-state index contributed by atoms with van der Waals surface area (Å²) in [5, 5.41) is 12.7. The summed E-state index contributed by atoms with van der Waals surface area (Å²) >= 11 is 7.20. The Hall–Kier alpha value is -1.83. The maximum Gasteiger partial charge on any atom is 0.337 e. The molecule has 2 heterocycles. The number of nitrogens with one attached hydrogen (secondary N) is 1. The first kappa shape index (κ1) is 17.0. The molecule has 0 spiro atoms. The number of nitrogens with zero attached hydrogens (tertiary/aromatic N) is 3. The minimum atomic E-state index is -0.934. The van der Waals surface area contributed by atoms with Crippen molar-refractivity contribution in [3.05, 3.63) is 39.3 Å². The molecule has 128 valence electrons. The molecule has 1 fully saturated rings. The number of carboxylic acid groups (broad SMARTS) is 1. The number of carboxylic acids is 1. The van der Waals surface area contributed by atoms with Crippen molar-refractivity contribution in [2.24, 2.45) is 0 Å². The summed E-state index contributed by atoms with van der Waals surface area (Å²) in [4.78, 5) is 21.1. The largest absolute Gasteiger partial charge is 0.478 e. The summed E-state index contributed by atoms with van der Waals surface area (Å²) in [5.41, 5.74) is 1.83. The van der Waals surface area contributed by atoms with Gasteiger partial charge in [0.15, 0.2) is 4.47 Å². The Morgan fingerprint density at radius 3 is 2.75 bits per heavy atom. The molecule has 0 amide bonds. The zero-order valence-corrected chi connectivity index (χ0v) is 14.9. The van der Waals surface area contributed by atoms with E-state index in [0.29, 0.717) is 16.7 Å². The molecule has 0 aliphatic carbocycles. The molecule has 0 unspecified atom stereocenters. The highest BCUT2D eigenvalue weighted by atomic mass is 35.5. The number of rotatable bonds is 5. The summed E-state index contributed by atoms with van der Waals surface area (Å²) in [6, 6.07) is 5.55. The van der Waals surface area contributed by atoms with Gasteiger partial charge in [0.1, 0.15) is 0 Å². The van der Waals surface area contributed by atoms with E-state index in [9.17, 15) is 9.90 Å². The monoisotopic (exact) mass is 366 g/mol. The average Bonchev–Trinajstić information content (AvgIpc) is 2.99. The van der Waals surface area contributed by atoms with Gasteiger partial charge in [0.2, 0.25) is 0 Å². The van der Waals surface area contributed by atoms with Gasteiger partial charge in [-0.25, -0.2) is 9.78 Å². The second-order valence-electron chi connectivity index (χ2n) is 5.76. The number of piperazine rings is 1. The lowest BCUT2D eigenvalue weighted by Gasteiger charge is -2.34. The summed E-state index contributed by atoms with van der Waals surface area (Å²) in [5.74, 6) is -0.934. The van der Waals surface area contributed by atoms with Gasteiger partial charge in [-0.05, 0) is 25.2 Å². The second kappa shape index (κ2) is 7.38. The first-order valence-electron chi connectivity index (χ1n) is 7.68. The minimum absolute atomic E-state index is 0.280. The number of thiazole rings is 1. The highest BCUT2D eigenvalue weighted by Crippen LogP contribution is 2.26. The van der Waals surface area contributed by atoms with Crippen LogP contribution in [-0.2, 0) is 6.54 Å². The van der Waals surface area contributed by atoms with E-state index in [1.165, 1.54) is 11.3 Å². The molecule has 8 heteroatoms. The van der Waals surface area contributed by atoms with E-state index in [4.69, 9.17) is 11.6 Å². The lowest BCUT2D eigenvalue weighted by Crippen LogP contribution is -2.44. The fraction of sp³-hybridized carbons (Fsp3) is 0.375. The SMILES string of the molecule is CN1CCN(c2ccc(NCc3cnc(Cl)s3)c(C(=O)O)c2)CC1. The van der Waals surface area contributed by atoms with E-state index in [1.54, 1.807) is 12.3 Å². The van der Waals surface area contributed by atoms with Gasteiger partial charge in [-0.1, -0.05) is 11.6 Å². The fourth-order valence-electron chi connectivity index (χ4n) is 2.67. The molecule has 2 N–H and O–H groups in total. The maximum atomic E-state index is 11.6. The van der Waals surface area contributed by atoms with Crippen LogP contribution in [0.15, 0.2) is 24.4 Å². The molecule has 3 rings (SSSR count). The molecule has 1 aliphatic heterocycles. The van der Waals surface area contributed by atoms with Crippen LogP contribution in [0.5, 0.6) is 0 Å². The Bertz CT molecular complexity index is 729. The van der Waals surface area contributed by atoms with Crippen LogP contribution in [0, 0.1) is 0 Å². The lowest BCUT2D eigenvalue weighted by atomic mass is 10.1. The normalized spacial score (nSPS) is 15.5. The Morgan fingerprint density at radius 2 is 2.12 bits per heavy atom. The van der Waals surface area contributed by atoms with Crippen LogP contribution in [0.4, 0.5) is 11.4 Å². The predicted octanol–water partition coefficient (Wildman–Crippen LogP) is 2.86. The van der Waals surface area contributed by atoms with Gasteiger partial charge in [-0.2, -0.15) is 0 Å². The van der Waals surface area contributed by atoms with Gasteiger partial charge in [0.05, 0.1) is 12.1 Å². The summed E-state index contributed by atoms with van der Waals surface area (Å²) < 4.78 is 0.482. The highest BCUT2D eigenvalue weighted by molar-refractivity contribution is 7.15.